The Labute approximate surface area is 239 Å². The standard InChI is InChI=1S/C33H46F3NO2Si/c1-20(2)28-26-27(25-23(37-28)18-31(6,7)19-24(25)39-40(8,9)30(3,4)5)32(16-10-11-17-32)38-29(26)21-12-14-22(15-13-21)33(34,35)36/h12-15,20,24,29H,10-11,16-19H2,1-9H3/t24-,29-/m0/s1. The van der Waals surface area contributed by atoms with Gasteiger partial charge in [0.15, 0.2) is 8.32 Å². The Morgan fingerprint density at radius 1 is 1.00 bits per heavy atom. The second kappa shape index (κ2) is 9.67. The van der Waals surface area contributed by atoms with E-state index in [0.29, 0.717) is 0 Å². The lowest BCUT2D eigenvalue weighted by Crippen LogP contribution is -2.44. The molecule has 1 spiro atoms. The summed E-state index contributed by atoms with van der Waals surface area (Å²) in [5.41, 5.74) is 5.43. The van der Waals surface area contributed by atoms with Crippen LogP contribution < -0.4 is 0 Å². The summed E-state index contributed by atoms with van der Waals surface area (Å²) in [6, 6.07) is 5.57. The van der Waals surface area contributed by atoms with Crippen LogP contribution in [0.2, 0.25) is 18.1 Å². The van der Waals surface area contributed by atoms with Crippen LogP contribution in [0.15, 0.2) is 24.3 Å². The fourth-order valence-corrected chi connectivity index (χ4v) is 8.13. The predicted octanol–water partition coefficient (Wildman–Crippen LogP) is 10.1. The van der Waals surface area contributed by atoms with Crippen molar-refractivity contribution in [3.05, 3.63) is 63.5 Å². The Kier molecular flexibility index (Phi) is 7.20. The van der Waals surface area contributed by atoms with Crippen molar-refractivity contribution in [3.63, 3.8) is 0 Å². The Morgan fingerprint density at radius 2 is 1.60 bits per heavy atom. The first kappa shape index (κ1) is 29.8. The third-order valence-electron chi connectivity index (χ3n) is 9.89. The first-order valence-corrected chi connectivity index (χ1v) is 17.9. The normalized spacial score (nSPS) is 24.0. The number of benzene rings is 1. The molecule has 0 unspecified atom stereocenters. The summed E-state index contributed by atoms with van der Waals surface area (Å²) < 4.78 is 54.6. The summed E-state index contributed by atoms with van der Waals surface area (Å²) in [5, 5.41) is 0.0630. The van der Waals surface area contributed by atoms with Crippen LogP contribution in [0, 0.1) is 5.41 Å². The van der Waals surface area contributed by atoms with E-state index in [1.807, 2.05) is 0 Å². The molecule has 0 radical (unpaired) electrons. The van der Waals surface area contributed by atoms with Crippen molar-refractivity contribution in [2.45, 2.75) is 135 Å². The second-order valence-corrected chi connectivity index (χ2v) is 19.8. The number of fused-ring (bicyclic) bond motifs is 4. The monoisotopic (exact) mass is 573 g/mol. The summed E-state index contributed by atoms with van der Waals surface area (Å²) >= 11 is 0. The van der Waals surface area contributed by atoms with Gasteiger partial charge in [0.2, 0.25) is 0 Å². The average Bonchev–Trinajstić information content (AvgIpc) is 3.41. The van der Waals surface area contributed by atoms with Crippen LogP contribution in [0.5, 0.6) is 0 Å². The molecule has 1 fully saturated rings. The van der Waals surface area contributed by atoms with Gasteiger partial charge in [0.25, 0.3) is 0 Å². The maximum atomic E-state index is 13.4. The van der Waals surface area contributed by atoms with Crippen molar-refractivity contribution in [2.24, 2.45) is 5.41 Å². The van der Waals surface area contributed by atoms with Crippen LogP contribution >= 0.6 is 0 Å². The molecule has 0 amide bonds. The molecule has 2 atom stereocenters. The zero-order valence-electron chi connectivity index (χ0n) is 25.7. The summed E-state index contributed by atoms with van der Waals surface area (Å²) in [7, 11) is -2.12. The van der Waals surface area contributed by atoms with Gasteiger partial charge in [0.05, 0.1) is 17.3 Å². The van der Waals surface area contributed by atoms with E-state index in [4.69, 9.17) is 14.1 Å². The first-order valence-electron chi connectivity index (χ1n) is 15.0. The smallest absolute Gasteiger partial charge is 0.410 e. The number of rotatable bonds is 4. The molecule has 1 aromatic carbocycles. The first-order chi connectivity index (χ1) is 18.4. The number of hydrogen-bond acceptors (Lipinski definition) is 3. The molecular weight excluding hydrogens is 527 g/mol. The zero-order chi connectivity index (χ0) is 29.5. The van der Waals surface area contributed by atoms with Gasteiger partial charge in [-0.25, -0.2) is 0 Å². The van der Waals surface area contributed by atoms with E-state index < -0.39 is 31.8 Å². The minimum atomic E-state index is -4.37. The van der Waals surface area contributed by atoms with Gasteiger partial charge in [0, 0.05) is 22.5 Å². The van der Waals surface area contributed by atoms with Crippen LogP contribution in [0.3, 0.4) is 0 Å². The van der Waals surface area contributed by atoms with Crippen molar-refractivity contribution in [1.82, 2.24) is 4.98 Å². The highest BCUT2D eigenvalue weighted by atomic mass is 28.4. The average molecular weight is 574 g/mol. The van der Waals surface area contributed by atoms with Gasteiger partial charge in [0.1, 0.15) is 6.10 Å². The quantitative estimate of drug-likeness (QED) is 0.341. The summed E-state index contributed by atoms with van der Waals surface area (Å²) in [5.74, 6) is 0.154. The molecule has 1 aromatic heterocycles. The van der Waals surface area contributed by atoms with E-state index in [9.17, 15) is 13.2 Å². The number of pyridine rings is 1. The highest BCUT2D eigenvalue weighted by molar-refractivity contribution is 6.74. The summed E-state index contributed by atoms with van der Waals surface area (Å²) in [4.78, 5) is 5.39. The molecule has 7 heteroatoms. The third kappa shape index (κ3) is 5.09. The maximum absolute atomic E-state index is 13.4. The van der Waals surface area contributed by atoms with Crippen molar-refractivity contribution in [2.75, 3.05) is 0 Å². The molecule has 2 heterocycles. The zero-order valence-corrected chi connectivity index (χ0v) is 26.7. The van der Waals surface area contributed by atoms with Crippen LogP contribution in [0.25, 0.3) is 0 Å². The number of hydrogen-bond donors (Lipinski definition) is 0. The van der Waals surface area contributed by atoms with Crippen molar-refractivity contribution in [3.8, 4) is 0 Å². The van der Waals surface area contributed by atoms with Gasteiger partial charge in [-0.05, 0) is 78.4 Å². The molecule has 40 heavy (non-hydrogen) atoms. The molecule has 3 nitrogen and oxygen atoms in total. The Hall–Kier alpha value is -1.70. The van der Waals surface area contributed by atoms with E-state index in [0.717, 1.165) is 61.0 Å². The van der Waals surface area contributed by atoms with Crippen molar-refractivity contribution >= 4 is 8.32 Å². The lowest BCUT2D eigenvalue weighted by atomic mass is 9.70. The Bertz CT molecular complexity index is 1270. The van der Waals surface area contributed by atoms with Crippen LogP contribution in [0.4, 0.5) is 13.2 Å². The molecule has 0 saturated heterocycles. The number of nitrogens with zero attached hydrogens (tertiary/aromatic N) is 1. The largest absolute Gasteiger partial charge is 0.416 e. The van der Waals surface area contributed by atoms with Gasteiger partial charge in [-0.15, -0.1) is 0 Å². The molecule has 3 aliphatic rings. The molecule has 1 aliphatic heterocycles. The molecule has 0 N–H and O–H groups in total. The van der Waals surface area contributed by atoms with Gasteiger partial charge < -0.3 is 9.16 Å². The number of alkyl halides is 3. The van der Waals surface area contributed by atoms with E-state index in [1.165, 1.54) is 23.3 Å². The lowest BCUT2D eigenvalue weighted by Gasteiger charge is -2.45. The third-order valence-corrected chi connectivity index (χ3v) is 14.4. The van der Waals surface area contributed by atoms with E-state index in [-0.39, 0.29) is 22.5 Å². The SMILES string of the molecule is CC(C)c1nc2c(c3c1[C@H](c1ccc(C(F)(F)F)cc1)OC31CCCC1)[C@@H](O[Si](C)(C)C(C)(C)C)CC(C)(C)C2. The van der Waals surface area contributed by atoms with Crippen molar-refractivity contribution in [1.29, 1.82) is 0 Å². The Balaban J connectivity index is 1.75. The van der Waals surface area contributed by atoms with E-state index >= 15 is 0 Å². The van der Waals surface area contributed by atoms with E-state index in [1.54, 1.807) is 12.1 Å². The highest BCUT2D eigenvalue weighted by Gasteiger charge is 2.54. The molecule has 0 bridgehead atoms. The summed E-state index contributed by atoms with van der Waals surface area (Å²) in [6.07, 6.45) is 0.909. The molecular formula is C33H46F3NO2Si. The number of halogens is 3. The maximum Gasteiger partial charge on any atom is 0.416 e. The van der Waals surface area contributed by atoms with Gasteiger partial charge >= 0.3 is 6.18 Å². The topological polar surface area (TPSA) is 31.4 Å². The minimum Gasteiger partial charge on any atom is -0.410 e. The molecule has 2 aliphatic carbocycles. The predicted molar refractivity (Wildman–Crippen MR) is 156 cm³/mol. The minimum absolute atomic E-state index is 0.0463. The molecule has 1 saturated carbocycles. The number of ether oxygens (including phenoxy) is 1. The molecule has 220 valence electrons. The molecule has 2 aromatic rings. The van der Waals surface area contributed by atoms with Crippen molar-refractivity contribution < 1.29 is 22.3 Å². The summed E-state index contributed by atoms with van der Waals surface area (Å²) in [6.45, 7) is 20.4. The molecule has 5 rings (SSSR count). The Morgan fingerprint density at radius 3 is 2.12 bits per heavy atom. The number of aromatic nitrogens is 1. The second-order valence-electron chi connectivity index (χ2n) is 15.0. The highest BCUT2D eigenvalue weighted by Crippen LogP contribution is 2.60. The van der Waals surface area contributed by atoms with Crippen LogP contribution in [0.1, 0.15) is 138 Å². The fraction of sp³-hybridized carbons (Fsp3) is 0.667. The fourth-order valence-electron chi connectivity index (χ4n) is 6.86. The van der Waals surface area contributed by atoms with Crippen LogP contribution in [-0.4, -0.2) is 13.3 Å². The van der Waals surface area contributed by atoms with Gasteiger partial charge in [-0.2, -0.15) is 13.2 Å². The van der Waals surface area contributed by atoms with Crippen LogP contribution in [-0.2, 0) is 27.4 Å². The van der Waals surface area contributed by atoms with Gasteiger partial charge in [-0.1, -0.05) is 73.4 Å². The van der Waals surface area contributed by atoms with Gasteiger partial charge in [-0.3, -0.25) is 4.98 Å². The van der Waals surface area contributed by atoms with E-state index in [2.05, 4.69) is 61.6 Å². The lowest BCUT2D eigenvalue weighted by molar-refractivity contribution is -0.137.